The highest BCUT2D eigenvalue weighted by atomic mass is 15.1. The number of para-hydroxylation sites is 1. The topological polar surface area (TPSA) is 8.17 Å². The molecule has 0 radical (unpaired) electrons. The van der Waals surface area contributed by atoms with Crippen molar-refractivity contribution in [3.05, 3.63) is 231 Å². The summed E-state index contributed by atoms with van der Waals surface area (Å²) in [4.78, 5) is 2.33. The number of rotatable bonds is 7. The van der Waals surface area contributed by atoms with Crippen LogP contribution in [0.2, 0.25) is 0 Å². The fourth-order valence-electron chi connectivity index (χ4n) is 8.80. The Labute approximate surface area is 338 Å². The number of nitrogens with zero attached hydrogens (tertiary/aromatic N) is 2. The van der Waals surface area contributed by atoms with Crippen molar-refractivity contribution in [2.24, 2.45) is 0 Å². The van der Waals surface area contributed by atoms with E-state index in [2.05, 4.69) is 240 Å². The third kappa shape index (κ3) is 5.82. The minimum Gasteiger partial charge on any atom is -0.311 e. The molecule has 0 saturated heterocycles. The van der Waals surface area contributed by atoms with Gasteiger partial charge < -0.3 is 9.47 Å². The summed E-state index contributed by atoms with van der Waals surface area (Å²) in [6, 6.07) is 83.6. The molecule has 11 rings (SSSR count). The van der Waals surface area contributed by atoms with Crippen molar-refractivity contribution < 1.29 is 0 Å². The van der Waals surface area contributed by atoms with E-state index in [0.717, 1.165) is 22.7 Å². The molecule has 11 aromatic rings. The van der Waals surface area contributed by atoms with E-state index in [1.165, 1.54) is 76.7 Å². The lowest BCUT2D eigenvalue weighted by Crippen LogP contribution is -2.10. The van der Waals surface area contributed by atoms with Crippen molar-refractivity contribution in [1.29, 1.82) is 0 Å². The molecule has 0 saturated carbocycles. The van der Waals surface area contributed by atoms with Crippen LogP contribution in [0.5, 0.6) is 0 Å². The molecule has 0 aliphatic heterocycles. The van der Waals surface area contributed by atoms with Crippen LogP contribution in [0.25, 0.3) is 82.4 Å². The van der Waals surface area contributed by atoms with Gasteiger partial charge in [-0.25, -0.2) is 0 Å². The van der Waals surface area contributed by atoms with E-state index < -0.39 is 0 Å². The lowest BCUT2D eigenvalue weighted by Gasteiger charge is -2.26. The van der Waals surface area contributed by atoms with Gasteiger partial charge in [0.05, 0.1) is 11.0 Å². The predicted octanol–water partition coefficient (Wildman–Crippen LogP) is 15.6. The predicted molar refractivity (Wildman–Crippen MR) is 247 cm³/mol. The van der Waals surface area contributed by atoms with Crippen LogP contribution in [0.4, 0.5) is 17.1 Å². The van der Waals surface area contributed by atoms with Gasteiger partial charge in [0.25, 0.3) is 0 Å². The Kier molecular flexibility index (Phi) is 8.19. The molecule has 10 aromatic carbocycles. The van der Waals surface area contributed by atoms with Gasteiger partial charge in [0.2, 0.25) is 0 Å². The van der Waals surface area contributed by atoms with Crippen LogP contribution >= 0.6 is 0 Å². The Morgan fingerprint density at radius 1 is 0.276 bits per heavy atom. The largest absolute Gasteiger partial charge is 0.311 e. The molecular weight excluding hydrogens is 701 g/mol. The molecule has 58 heavy (non-hydrogen) atoms. The highest BCUT2D eigenvalue weighted by Gasteiger charge is 2.18. The first kappa shape index (κ1) is 33.6. The molecule has 0 atom stereocenters. The summed E-state index contributed by atoms with van der Waals surface area (Å²) < 4.78 is 2.43. The lowest BCUT2D eigenvalue weighted by atomic mass is 9.95. The Bertz CT molecular complexity index is 3100. The van der Waals surface area contributed by atoms with Crippen molar-refractivity contribution in [3.63, 3.8) is 0 Å². The Balaban J connectivity index is 1.06. The van der Waals surface area contributed by atoms with Crippen LogP contribution in [0.1, 0.15) is 0 Å². The van der Waals surface area contributed by atoms with Crippen molar-refractivity contribution in [2.45, 2.75) is 0 Å². The fourth-order valence-corrected chi connectivity index (χ4v) is 8.80. The second-order valence-corrected chi connectivity index (χ2v) is 15.0. The average Bonchev–Trinajstić information content (AvgIpc) is 3.63. The molecule has 0 fully saturated rings. The first-order valence-corrected chi connectivity index (χ1v) is 19.9. The maximum atomic E-state index is 2.43. The normalized spacial score (nSPS) is 11.4. The third-order valence-corrected chi connectivity index (χ3v) is 11.6. The van der Waals surface area contributed by atoms with Crippen LogP contribution in [0, 0.1) is 0 Å². The van der Waals surface area contributed by atoms with E-state index >= 15 is 0 Å². The number of fused-ring (bicyclic) bond motifs is 5. The van der Waals surface area contributed by atoms with Crippen molar-refractivity contribution in [1.82, 2.24) is 4.57 Å². The van der Waals surface area contributed by atoms with Gasteiger partial charge >= 0.3 is 0 Å². The standard InChI is InChI=1S/C56H38N2/c1-3-13-39(14-4-1)40-25-29-46(30-26-40)57(45-19-5-2-6-20-45)47-31-33-48(34-32-47)58-55-35-27-43(51-23-11-17-41-15-7-9-21-49(41)51)37-53(55)54-38-44(28-36-56(54)58)52-24-12-18-42-16-8-10-22-50(42)52/h1-38H. The summed E-state index contributed by atoms with van der Waals surface area (Å²) in [5.74, 6) is 0. The summed E-state index contributed by atoms with van der Waals surface area (Å²) in [5.41, 5.74) is 14.1. The van der Waals surface area contributed by atoms with Gasteiger partial charge in [-0.1, -0.05) is 158 Å². The average molecular weight is 739 g/mol. The second-order valence-electron chi connectivity index (χ2n) is 15.0. The first-order chi connectivity index (χ1) is 28.8. The molecule has 0 amide bonds. The van der Waals surface area contributed by atoms with E-state index in [1.807, 2.05) is 0 Å². The summed E-state index contributed by atoms with van der Waals surface area (Å²) in [6.45, 7) is 0. The van der Waals surface area contributed by atoms with E-state index in [-0.39, 0.29) is 0 Å². The first-order valence-electron chi connectivity index (χ1n) is 19.9. The molecular formula is C56H38N2. The SMILES string of the molecule is c1ccc(-c2ccc(N(c3ccccc3)c3ccc(-n4c5ccc(-c6cccc7ccccc67)cc5c5cc(-c6cccc7ccccc67)ccc54)cc3)cc2)cc1. The molecule has 0 N–H and O–H groups in total. The summed E-state index contributed by atoms with van der Waals surface area (Å²) in [7, 11) is 0. The van der Waals surface area contributed by atoms with Crippen molar-refractivity contribution in [3.8, 4) is 39.1 Å². The van der Waals surface area contributed by atoms with Gasteiger partial charge in [0.1, 0.15) is 0 Å². The minimum absolute atomic E-state index is 1.10. The molecule has 0 spiro atoms. The number of hydrogen-bond donors (Lipinski definition) is 0. The molecule has 0 unspecified atom stereocenters. The summed E-state index contributed by atoms with van der Waals surface area (Å²) in [6.07, 6.45) is 0. The molecule has 2 nitrogen and oxygen atoms in total. The lowest BCUT2D eigenvalue weighted by molar-refractivity contribution is 1.17. The maximum absolute atomic E-state index is 2.43. The number of anilines is 3. The van der Waals surface area contributed by atoms with Gasteiger partial charge in [-0.3, -0.25) is 0 Å². The van der Waals surface area contributed by atoms with Crippen LogP contribution in [0.15, 0.2) is 231 Å². The summed E-state index contributed by atoms with van der Waals surface area (Å²) in [5, 5.41) is 7.48. The van der Waals surface area contributed by atoms with E-state index in [0.29, 0.717) is 0 Å². The van der Waals surface area contributed by atoms with Gasteiger partial charge in [-0.15, -0.1) is 0 Å². The summed E-state index contributed by atoms with van der Waals surface area (Å²) >= 11 is 0. The molecule has 1 heterocycles. The Morgan fingerprint density at radius 2 is 0.690 bits per heavy atom. The smallest absolute Gasteiger partial charge is 0.0541 e. The molecule has 0 bridgehead atoms. The maximum Gasteiger partial charge on any atom is 0.0541 e. The molecule has 272 valence electrons. The molecule has 1 aromatic heterocycles. The van der Waals surface area contributed by atoms with Crippen molar-refractivity contribution >= 4 is 60.4 Å². The second kappa shape index (κ2) is 14.1. The van der Waals surface area contributed by atoms with Gasteiger partial charge in [-0.2, -0.15) is 0 Å². The van der Waals surface area contributed by atoms with E-state index in [9.17, 15) is 0 Å². The zero-order valence-corrected chi connectivity index (χ0v) is 31.8. The van der Waals surface area contributed by atoms with Crippen LogP contribution in [-0.2, 0) is 0 Å². The highest BCUT2D eigenvalue weighted by Crippen LogP contribution is 2.41. The van der Waals surface area contributed by atoms with Crippen LogP contribution < -0.4 is 4.90 Å². The number of benzene rings is 10. The van der Waals surface area contributed by atoms with Gasteiger partial charge in [0.15, 0.2) is 0 Å². The quantitative estimate of drug-likeness (QED) is 0.158. The molecule has 2 heteroatoms. The van der Waals surface area contributed by atoms with Gasteiger partial charge in [0, 0.05) is 33.5 Å². The fraction of sp³-hybridized carbons (Fsp3) is 0. The molecule has 0 aliphatic carbocycles. The van der Waals surface area contributed by atoms with Crippen LogP contribution in [-0.4, -0.2) is 4.57 Å². The van der Waals surface area contributed by atoms with E-state index in [1.54, 1.807) is 0 Å². The third-order valence-electron chi connectivity index (χ3n) is 11.6. The zero-order valence-electron chi connectivity index (χ0n) is 31.8. The van der Waals surface area contributed by atoms with Gasteiger partial charge in [-0.05, 0) is 128 Å². The number of hydrogen-bond acceptors (Lipinski definition) is 1. The molecule has 0 aliphatic rings. The monoisotopic (exact) mass is 738 g/mol. The highest BCUT2D eigenvalue weighted by molar-refractivity contribution is 6.13. The van der Waals surface area contributed by atoms with Crippen LogP contribution in [0.3, 0.4) is 0 Å². The Hall–Kier alpha value is -7.68. The minimum atomic E-state index is 1.10. The van der Waals surface area contributed by atoms with Crippen molar-refractivity contribution in [2.75, 3.05) is 4.90 Å². The zero-order chi connectivity index (χ0) is 38.4. The number of aromatic nitrogens is 1. The Morgan fingerprint density at radius 3 is 1.24 bits per heavy atom. The van der Waals surface area contributed by atoms with E-state index in [4.69, 9.17) is 0 Å².